The normalized spacial score (nSPS) is 19.1. The Kier molecular flexibility index (Phi) is 2.73. The molecule has 80 valence electrons. The lowest BCUT2D eigenvalue weighted by molar-refractivity contribution is -0.118. The summed E-state index contributed by atoms with van der Waals surface area (Å²) in [5, 5.41) is 0. The molecule has 1 heterocycles. The molecule has 0 radical (unpaired) electrons. The maximum Gasteiger partial charge on any atom is 0.228 e. The number of amides is 1. The van der Waals surface area contributed by atoms with Crippen molar-refractivity contribution in [2.75, 3.05) is 11.4 Å². The second-order valence-corrected chi connectivity index (χ2v) is 3.98. The van der Waals surface area contributed by atoms with Crippen LogP contribution in [-0.4, -0.2) is 18.5 Å². The van der Waals surface area contributed by atoms with Crippen LogP contribution < -0.4 is 10.6 Å². The van der Waals surface area contributed by atoms with E-state index < -0.39 is 0 Å². The smallest absolute Gasteiger partial charge is 0.228 e. The van der Waals surface area contributed by atoms with Crippen LogP contribution in [0.25, 0.3) is 0 Å². The third kappa shape index (κ3) is 1.75. The predicted molar refractivity (Wildman–Crippen MR) is 60.8 cm³/mol. The molecule has 0 spiro atoms. The maximum absolute atomic E-state index is 11.9. The zero-order chi connectivity index (χ0) is 10.8. The second-order valence-electron chi connectivity index (χ2n) is 3.98. The fraction of sp³-hybridized carbons (Fsp3) is 0.417. The summed E-state index contributed by atoms with van der Waals surface area (Å²) in [7, 11) is 0. The van der Waals surface area contributed by atoms with E-state index in [9.17, 15) is 4.79 Å². The minimum atomic E-state index is 0.134. The quantitative estimate of drug-likeness (QED) is 0.789. The van der Waals surface area contributed by atoms with Crippen molar-refractivity contribution >= 4 is 11.6 Å². The summed E-state index contributed by atoms with van der Waals surface area (Å²) in [4.78, 5) is 13.7. The van der Waals surface area contributed by atoms with Gasteiger partial charge in [-0.05, 0) is 25.0 Å². The molecular formula is C12H16N2O. The van der Waals surface area contributed by atoms with Crippen LogP contribution in [-0.2, 0) is 11.2 Å². The van der Waals surface area contributed by atoms with E-state index in [2.05, 4.69) is 13.0 Å². The van der Waals surface area contributed by atoms with Crippen LogP contribution in [0.3, 0.4) is 0 Å². The van der Waals surface area contributed by atoms with Crippen LogP contribution in [0.4, 0.5) is 5.69 Å². The largest absolute Gasteiger partial charge is 0.330 e. The molecule has 1 amide bonds. The molecule has 2 rings (SSSR count). The molecule has 1 aromatic rings. The highest BCUT2D eigenvalue weighted by molar-refractivity contribution is 5.96. The summed E-state index contributed by atoms with van der Waals surface area (Å²) in [5.41, 5.74) is 7.73. The van der Waals surface area contributed by atoms with Crippen molar-refractivity contribution in [3.8, 4) is 0 Å². The van der Waals surface area contributed by atoms with Gasteiger partial charge in [-0.25, -0.2) is 0 Å². The lowest BCUT2D eigenvalue weighted by Gasteiger charge is -2.22. The number of carbonyl (C=O) groups excluding carboxylic acids is 1. The van der Waals surface area contributed by atoms with Crippen molar-refractivity contribution in [1.29, 1.82) is 0 Å². The summed E-state index contributed by atoms with van der Waals surface area (Å²) in [6, 6.07) is 8.35. The van der Waals surface area contributed by atoms with Gasteiger partial charge in [-0.15, -0.1) is 0 Å². The van der Waals surface area contributed by atoms with Crippen LogP contribution in [0.1, 0.15) is 18.9 Å². The van der Waals surface area contributed by atoms with E-state index in [-0.39, 0.29) is 11.9 Å². The summed E-state index contributed by atoms with van der Waals surface area (Å²) in [5.74, 6) is 0.134. The van der Waals surface area contributed by atoms with E-state index in [1.54, 1.807) is 0 Å². The second kappa shape index (κ2) is 4.03. The molecule has 15 heavy (non-hydrogen) atoms. The lowest BCUT2D eigenvalue weighted by atomic mass is 10.1. The number of hydrogen-bond donors (Lipinski definition) is 1. The SMILES string of the molecule is CC1Cc2ccccc2N1C(=O)CCN. The van der Waals surface area contributed by atoms with Crippen LogP contribution in [0.15, 0.2) is 24.3 Å². The van der Waals surface area contributed by atoms with Gasteiger partial charge in [0.05, 0.1) is 0 Å². The van der Waals surface area contributed by atoms with E-state index in [0.29, 0.717) is 13.0 Å². The molecule has 1 atom stereocenters. The molecule has 1 unspecified atom stereocenters. The number of fused-ring (bicyclic) bond motifs is 1. The minimum absolute atomic E-state index is 0.134. The fourth-order valence-electron chi connectivity index (χ4n) is 2.19. The fourth-order valence-corrected chi connectivity index (χ4v) is 2.19. The number of anilines is 1. The third-order valence-electron chi connectivity index (χ3n) is 2.83. The maximum atomic E-state index is 11.9. The number of para-hydroxylation sites is 1. The van der Waals surface area contributed by atoms with E-state index in [1.807, 2.05) is 23.1 Å². The molecule has 1 aromatic carbocycles. The van der Waals surface area contributed by atoms with Gasteiger partial charge >= 0.3 is 0 Å². The van der Waals surface area contributed by atoms with E-state index in [1.165, 1.54) is 5.56 Å². The first kappa shape index (κ1) is 10.2. The minimum Gasteiger partial charge on any atom is -0.330 e. The average Bonchev–Trinajstić information content (AvgIpc) is 2.54. The molecule has 3 nitrogen and oxygen atoms in total. The van der Waals surface area contributed by atoms with Crippen molar-refractivity contribution in [1.82, 2.24) is 0 Å². The molecule has 1 aliphatic heterocycles. The Bertz CT molecular complexity index is 376. The zero-order valence-electron chi connectivity index (χ0n) is 8.94. The Morgan fingerprint density at radius 2 is 2.27 bits per heavy atom. The number of nitrogens with two attached hydrogens (primary N) is 1. The van der Waals surface area contributed by atoms with E-state index in [0.717, 1.165) is 12.1 Å². The van der Waals surface area contributed by atoms with Gasteiger partial charge in [-0.2, -0.15) is 0 Å². The lowest BCUT2D eigenvalue weighted by Crippen LogP contribution is -2.36. The van der Waals surface area contributed by atoms with Gasteiger partial charge in [0, 0.05) is 24.7 Å². The van der Waals surface area contributed by atoms with Crippen molar-refractivity contribution in [2.45, 2.75) is 25.8 Å². The summed E-state index contributed by atoms with van der Waals surface area (Å²) in [6.07, 6.45) is 1.38. The molecule has 0 aromatic heterocycles. The van der Waals surface area contributed by atoms with E-state index in [4.69, 9.17) is 5.73 Å². The first-order valence-corrected chi connectivity index (χ1v) is 5.34. The number of carbonyl (C=O) groups is 1. The van der Waals surface area contributed by atoms with Crippen LogP contribution in [0.5, 0.6) is 0 Å². The third-order valence-corrected chi connectivity index (χ3v) is 2.83. The first-order valence-electron chi connectivity index (χ1n) is 5.34. The van der Waals surface area contributed by atoms with E-state index >= 15 is 0 Å². The van der Waals surface area contributed by atoms with Gasteiger partial charge in [0.2, 0.25) is 5.91 Å². The monoisotopic (exact) mass is 204 g/mol. The van der Waals surface area contributed by atoms with Gasteiger partial charge in [-0.1, -0.05) is 18.2 Å². The number of benzene rings is 1. The standard InChI is InChI=1S/C12H16N2O/c1-9-8-10-4-2-3-5-11(10)14(9)12(15)6-7-13/h2-5,9H,6-8,13H2,1H3. The topological polar surface area (TPSA) is 46.3 Å². The Balaban J connectivity index is 2.29. The number of hydrogen-bond acceptors (Lipinski definition) is 2. The summed E-state index contributed by atoms with van der Waals surface area (Å²) in [6.45, 7) is 2.50. The summed E-state index contributed by atoms with van der Waals surface area (Å²) >= 11 is 0. The molecule has 0 aliphatic carbocycles. The molecule has 1 aliphatic rings. The highest BCUT2D eigenvalue weighted by atomic mass is 16.2. The molecular weight excluding hydrogens is 188 g/mol. The number of nitrogens with zero attached hydrogens (tertiary/aromatic N) is 1. The highest BCUT2D eigenvalue weighted by Crippen LogP contribution is 2.31. The number of rotatable bonds is 2. The molecule has 0 fully saturated rings. The molecule has 3 heteroatoms. The predicted octanol–water partition coefficient (Wildman–Crippen LogP) is 1.31. The molecule has 0 saturated carbocycles. The van der Waals surface area contributed by atoms with Gasteiger partial charge in [-0.3, -0.25) is 4.79 Å². The Morgan fingerprint density at radius 1 is 1.53 bits per heavy atom. The van der Waals surface area contributed by atoms with Gasteiger partial charge in [0.1, 0.15) is 0 Å². The first-order chi connectivity index (χ1) is 7.24. The molecule has 0 saturated heterocycles. The Hall–Kier alpha value is -1.35. The van der Waals surface area contributed by atoms with Crippen LogP contribution in [0, 0.1) is 0 Å². The van der Waals surface area contributed by atoms with Crippen LogP contribution in [0.2, 0.25) is 0 Å². The van der Waals surface area contributed by atoms with Gasteiger partial charge < -0.3 is 10.6 Å². The summed E-state index contributed by atoms with van der Waals surface area (Å²) < 4.78 is 0. The van der Waals surface area contributed by atoms with Crippen molar-refractivity contribution in [3.63, 3.8) is 0 Å². The van der Waals surface area contributed by atoms with Gasteiger partial charge in [0.15, 0.2) is 0 Å². The van der Waals surface area contributed by atoms with Crippen molar-refractivity contribution in [2.24, 2.45) is 5.73 Å². The zero-order valence-corrected chi connectivity index (χ0v) is 8.94. The van der Waals surface area contributed by atoms with Crippen LogP contribution >= 0.6 is 0 Å². The van der Waals surface area contributed by atoms with Crippen molar-refractivity contribution < 1.29 is 4.79 Å². The Labute approximate surface area is 89.9 Å². The molecule has 2 N–H and O–H groups in total. The highest BCUT2D eigenvalue weighted by Gasteiger charge is 2.29. The Morgan fingerprint density at radius 3 is 3.00 bits per heavy atom. The van der Waals surface area contributed by atoms with Crippen molar-refractivity contribution in [3.05, 3.63) is 29.8 Å². The van der Waals surface area contributed by atoms with Gasteiger partial charge in [0.25, 0.3) is 0 Å². The average molecular weight is 204 g/mol. The molecule has 0 bridgehead atoms.